The smallest absolute Gasteiger partial charge is 0.465 e. The van der Waals surface area contributed by atoms with Crippen LogP contribution in [0.1, 0.15) is 34.6 Å². The third kappa shape index (κ3) is 7.13. The van der Waals surface area contributed by atoms with Crippen molar-refractivity contribution >= 4 is 16.0 Å². The summed E-state index contributed by atoms with van der Waals surface area (Å²) in [5, 5.41) is 1.87. The fraction of sp³-hybridized carbons (Fsp3) is 0.476. The van der Waals surface area contributed by atoms with Gasteiger partial charge in [0.25, 0.3) is 10.1 Å². The summed E-state index contributed by atoms with van der Waals surface area (Å²) >= 11 is 0. The van der Waals surface area contributed by atoms with E-state index >= 15 is 0 Å². The lowest BCUT2D eigenvalue weighted by atomic mass is 9.98. The zero-order valence-corrected chi connectivity index (χ0v) is 18.9. The molecule has 182 valence electrons. The van der Waals surface area contributed by atoms with Crippen molar-refractivity contribution in [1.82, 2.24) is 5.32 Å². The van der Waals surface area contributed by atoms with E-state index in [2.05, 4.69) is 0 Å². The maximum absolute atomic E-state index is 12.4. The van der Waals surface area contributed by atoms with Gasteiger partial charge < -0.3 is 19.2 Å². The zero-order valence-electron chi connectivity index (χ0n) is 18.1. The van der Waals surface area contributed by atoms with Gasteiger partial charge in [0.15, 0.2) is 11.5 Å². The van der Waals surface area contributed by atoms with E-state index in [0.29, 0.717) is 47.8 Å². The van der Waals surface area contributed by atoms with E-state index < -0.39 is 22.2 Å². The number of carbonyl (C=O) groups is 1. The summed E-state index contributed by atoms with van der Waals surface area (Å²) in [5.74, 6) is 0.345. The van der Waals surface area contributed by atoms with Crippen molar-refractivity contribution < 1.29 is 44.5 Å². The van der Waals surface area contributed by atoms with Gasteiger partial charge in [0.2, 0.25) is 6.79 Å². The molecule has 1 aromatic heterocycles. The van der Waals surface area contributed by atoms with Gasteiger partial charge in [0, 0.05) is 19.4 Å². The first kappa shape index (κ1) is 24.9. The number of carbonyl (C=O) groups excluding carboxylic acids is 1. The van der Waals surface area contributed by atoms with E-state index in [0.717, 1.165) is 17.4 Å². The van der Waals surface area contributed by atoms with Crippen LogP contribution >= 0.6 is 0 Å². The number of alkyl halides is 3. The molecular weight excluding hydrogens is 467 g/mol. The Labute approximate surface area is 189 Å². The van der Waals surface area contributed by atoms with Crippen molar-refractivity contribution in [1.29, 1.82) is 0 Å². The van der Waals surface area contributed by atoms with Crippen LogP contribution in [-0.4, -0.2) is 46.7 Å². The Morgan fingerprint density at radius 1 is 1.12 bits per heavy atom. The summed E-state index contributed by atoms with van der Waals surface area (Å²) in [6.07, 6.45) is -2.51. The summed E-state index contributed by atoms with van der Waals surface area (Å²) in [6, 6.07) is 5.30. The lowest BCUT2D eigenvalue weighted by Crippen LogP contribution is -2.37. The monoisotopic (exact) mass is 491 g/mol. The lowest BCUT2D eigenvalue weighted by molar-refractivity contribution is -0.173. The highest BCUT2D eigenvalue weighted by Gasteiger charge is 2.38. The van der Waals surface area contributed by atoms with Crippen molar-refractivity contribution in [3.8, 4) is 11.5 Å². The minimum absolute atomic E-state index is 0.0442. The van der Waals surface area contributed by atoms with E-state index in [1.54, 1.807) is 12.1 Å². The molecule has 2 aromatic rings. The second-order valence-electron chi connectivity index (χ2n) is 7.60. The van der Waals surface area contributed by atoms with Crippen LogP contribution in [0, 0.1) is 6.92 Å². The van der Waals surface area contributed by atoms with Crippen LogP contribution in [0.15, 0.2) is 22.6 Å². The van der Waals surface area contributed by atoms with Gasteiger partial charge in [-0.25, -0.2) is 0 Å². The van der Waals surface area contributed by atoms with Crippen molar-refractivity contribution in [3.05, 3.63) is 46.4 Å². The molecular formula is C21H24F3NO7S. The van der Waals surface area contributed by atoms with Gasteiger partial charge in [-0.2, -0.15) is 21.6 Å². The van der Waals surface area contributed by atoms with Crippen LogP contribution in [0.4, 0.5) is 13.2 Å². The summed E-state index contributed by atoms with van der Waals surface area (Å²) in [4.78, 5) is 11.1. The van der Waals surface area contributed by atoms with Crippen LogP contribution in [0.5, 0.6) is 11.5 Å². The number of hydrogen-bond donors (Lipinski definition) is 1. The molecule has 1 aliphatic rings. The molecule has 3 rings (SSSR count). The summed E-state index contributed by atoms with van der Waals surface area (Å²) < 4.78 is 80.8. The van der Waals surface area contributed by atoms with Gasteiger partial charge in [-0.3, -0.25) is 8.98 Å². The Balaban J connectivity index is 1.69. The Morgan fingerprint density at radius 2 is 1.79 bits per heavy atom. The molecule has 1 amide bonds. The molecule has 0 spiro atoms. The number of nitrogens with one attached hydrogen (secondary N) is 1. The fourth-order valence-corrected chi connectivity index (χ4v) is 3.77. The molecule has 0 radical (unpaired) electrons. The highest BCUT2D eigenvalue weighted by Crippen LogP contribution is 2.36. The molecule has 2 heterocycles. The minimum Gasteiger partial charge on any atom is -0.465 e. The quantitative estimate of drug-likeness (QED) is 0.402. The summed E-state index contributed by atoms with van der Waals surface area (Å²) in [7, 11) is -3.49. The molecule has 0 saturated carbocycles. The van der Waals surface area contributed by atoms with Crippen molar-refractivity contribution in [3.63, 3.8) is 0 Å². The maximum atomic E-state index is 12.4. The van der Waals surface area contributed by atoms with E-state index in [9.17, 15) is 26.4 Å². The van der Waals surface area contributed by atoms with Crippen LogP contribution in [0.25, 0.3) is 0 Å². The second-order valence-corrected chi connectivity index (χ2v) is 9.25. The van der Waals surface area contributed by atoms with Crippen LogP contribution in [0.2, 0.25) is 0 Å². The number of rotatable bonds is 10. The molecule has 8 nitrogen and oxygen atoms in total. The van der Waals surface area contributed by atoms with E-state index in [1.807, 2.05) is 18.3 Å². The average Bonchev–Trinajstić information content (AvgIpc) is 3.29. The molecule has 0 atom stereocenters. The Kier molecular flexibility index (Phi) is 7.58. The lowest BCUT2D eigenvalue weighted by Gasteiger charge is -2.12. The number of amides is 1. The molecule has 0 unspecified atom stereocenters. The topological polar surface area (TPSA) is 104 Å². The minimum atomic E-state index is -4.94. The molecule has 0 fully saturated rings. The van der Waals surface area contributed by atoms with Gasteiger partial charge in [0.05, 0.1) is 12.9 Å². The standard InChI is InChI=1S/C21H24F3NO7S/c1-13-8-16(4-3-7-31-33(2,27)28)32-17(13)10-15-11-19-18(29-12-30-19)9-14(15)5-6-25-20(26)21(22,23)24/h8-9,11H,3-7,10,12H2,1-2H3,(H,25,26). The first-order chi connectivity index (χ1) is 15.4. The van der Waals surface area contributed by atoms with E-state index in [-0.39, 0.29) is 26.4 Å². The normalized spacial score (nSPS) is 13.4. The molecule has 12 heteroatoms. The predicted octanol–water partition coefficient (Wildman–Crippen LogP) is 3.04. The van der Waals surface area contributed by atoms with Gasteiger partial charge >= 0.3 is 12.1 Å². The number of furan rings is 1. The van der Waals surface area contributed by atoms with Gasteiger partial charge in [0.1, 0.15) is 11.5 Å². The first-order valence-electron chi connectivity index (χ1n) is 10.1. The Bertz CT molecular complexity index is 1110. The van der Waals surface area contributed by atoms with Crippen molar-refractivity contribution in [2.45, 2.75) is 38.8 Å². The van der Waals surface area contributed by atoms with Gasteiger partial charge in [-0.1, -0.05) is 0 Å². The molecule has 0 aliphatic carbocycles. The van der Waals surface area contributed by atoms with E-state index in [1.165, 1.54) is 0 Å². The molecule has 0 saturated heterocycles. The SMILES string of the molecule is Cc1cc(CCCOS(C)(=O)=O)oc1Cc1cc2c(cc1CCNC(=O)C(F)(F)F)OCO2. The number of ether oxygens (including phenoxy) is 2. The number of hydrogen-bond acceptors (Lipinski definition) is 7. The Morgan fingerprint density at radius 3 is 2.42 bits per heavy atom. The van der Waals surface area contributed by atoms with Gasteiger partial charge in [-0.05, 0) is 54.7 Å². The number of benzene rings is 1. The van der Waals surface area contributed by atoms with Gasteiger partial charge in [-0.15, -0.1) is 0 Å². The van der Waals surface area contributed by atoms with Crippen LogP contribution < -0.4 is 14.8 Å². The highest BCUT2D eigenvalue weighted by molar-refractivity contribution is 7.85. The maximum Gasteiger partial charge on any atom is 0.471 e. The second kappa shape index (κ2) is 10.0. The Hall–Kier alpha value is -2.73. The first-order valence-corrected chi connectivity index (χ1v) is 11.9. The summed E-state index contributed by atoms with van der Waals surface area (Å²) in [6.45, 7) is 1.76. The number of halogens is 3. The van der Waals surface area contributed by atoms with E-state index in [4.69, 9.17) is 18.1 Å². The number of fused-ring (bicyclic) bond motifs is 1. The van der Waals surface area contributed by atoms with Crippen LogP contribution in [0.3, 0.4) is 0 Å². The molecule has 0 bridgehead atoms. The molecule has 1 N–H and O–H groups in total. The molecule has 33 heavy (non-hydrogen) atoms. The molecule has 1 aromatic carbocycles. The fourth-order valence-electron chi connectivity index (χ4n) is 3.35. The third-order valence-corrected chi connectivity index (χ3v) is 5.51. The number of aryl methyl sites for hydroxylation is 2. The zero-order chi connectivity index (χ0) is 24.2. The molecule has 1 aliphatic heterocycles. The highest BCUT2D eigenvalue weighted by atomic mass is 32.2. The van der Waals surface area contributed by atoms with Crippen molar-refractivity contribution in [2.24, 2.45) is 0 Å². The average molecular weight is 491 g/mol. The third-order valence-electron chi connectivity index (χ3n) is 4.92. The summed E-state index contributed by atoms with van der Waals surface area (Å²) in [5.41, 5.74) is 2.34. The van der Waals surface area contributed by atoms with Crippen LogP contribution in [-0.2, 0) is 38.4 Å². The predicted molar refractivity (Wildman–Crippen MR) is 111 cm³/mol. The largest absolute Gasteiger partial charge is 0.471 e. The van der Waals surface area contributed by atoms with Crippen molar-refractivity contribution in [2.75, 3.05) is 26.2 Å².